The minimum Gasteiger partial charge on any atom is -0.494 e. The molecule has 0 unspecified atom stereocenters. The Balaban J connectivity index is 1.95. The summed E-state index contributed by atoms with van der Waals surface area (Å²) in [6.45, 7) is 0. The molecular formula is C22H16N2O. The maximum atomic E-state index is 10.5. The molecule has 0 spiro atoms. The molecule has 6 rings (SSSR count). The molecule has 1 aliphatic carbocycles. The summed E-state index contributed by atoms with van der Waals surface area (Å²) in [5.74, 6) is 0.256. The number of aromatic amines is 2. The van der Waals surface area contributed by atoms with Crippen LogP contribution in [-0.2, 0) is 12.8 Å². The standard InChI is InChI=1S/C22H16N2O/c25-22-20-16(11-23-22)14-10-9-12-5-1-2-6-13(12)18(14)21-19(20)15-7-3-4-8-17(15)24-21/h1-8,11,23-25H,9-10H2. The number of hydrogen-bond acceptors (Lipinski definition) is 1. The van der Waals surface area contributed by atoms with E-state index in [1.54, 1.807) is 0 Å². The maximum Gasteiger partial charge on any atom is 0.197 e. The first-order valence-corrected chi connectivity index (χ1v) is 8.66. The zero-order valence-corrected chi connectivity index (χ0v) is 13.6. The summed E-state index contributed by atoms with van der Waals surface area (Å²) in [4.78, 5) is 6.67. The Kier molecular flexibility index (Phi) is 2.34. The Labute approximate surface area is 143 Å². The molecule has 3 N–H and O–H groups in total. The molecule has 0 bridgehead atoms. The molecule has 0 saturated heterocycles. The lowest BCUT2D eigenvalue weighted by Gasteiger charge is -2.21. The average molecular weight is 324 g/mol. The summed E-state index contributed by atoms with van der Waals surface area (Å²) in [6, 6.07) is 17.0. The first-order chi connectivity index (χ1) is 12.3. The van der Waals surface area contributed by atoms with Gasteiger partial charge in [-0.25, -0.2) is 0 Å². The number of benzene rings is 3. The number of hydrogen-bond donors (Lipinski definition) is 3. The van der Waals surface area contributed by atoms with Gasteiger partial charge in [-0.2, -0.15) is 0 Å². The van der Waals surface area contributed by atoms with Gasteiger partial charge in [-0.15, -0.1) is 0 Å². The van der Waals surface area contributed by atoms with Crippen LogP contribution < -0.4 is 0 Å². The van der Waals surface area contributed by atoms with Crippen LogP contribution in [0, 0.1) is 0 Å². The highest BCUT2D eigenvalue weighted by Gasteiger charge is 2.25. The van der Waals surface area contributed by atoms with Crippen molar-refractivity contribution in [2.75, 3.05) is 0 Å². The fourth-order valence-electron chi connectivity index (χ4n) is 4.58. The Bertz CT molecular complexity index is 1310. The highest BCUT2D eigenvalue weighted by atomic mass is 16.3. The van der Waals surface area contributed by atoms with Gasteiger partial charge in [0.15, 0.2) is 5.88 Å². The minimum absolute atomic E-state index is 0.256. The van der Waals surface area contributed by atoms with Crippen LogP contribution in [0.5, 0.6) is 5.88 Å². The van der Waals surface area contributed by atoms with Gasteiger partial charge < -0.3 is 15.1 Å². The molecule has 0 fully saturated rings. The molecule has 0 radical (unpaired) electrons. The summed E-state index contributed by atoms with van der Waals surface area (Å²) in [7, 11) is 0. The van der Waals surface area contributed by atoms with Crippen molar-refractivity contribution in [1.29, 1.82) is 0 Å². The van der Waals surface area contributed by atoms with Crippen molar-refractivity contribution in [2.45, 2.75) is 12.8 Å². The van der Waals surface area contributed by atoms with Crippen molar-refractivity contribution in [3.63, 3.8) is 0 Å². The van der Waals surface area contributed by atoms with E-state index in [0.717, 1.165) is 45.4 Å². The molecule has 2 aromatic heterocycles. The lowest BCUT2D eigenvalue weighted by molar-refractivity contribution is 0.463. The second-order valence-electron chi connectivity index (χ2n) is 6.86. The summed E-state index contributed by atoms with van der Waals surface area (Å²) < 4.78 is 0. The zero-order valence-electron chi connectivity index (χ0n) is 13.6. The minimum atomic E-state index is 0.256. The number of aromatic hydroxyl groups is 1. The summed E-state index contributed by atoms with van der Waals surface area (Å²) in [5, 5.41) is 14.9. The van der Waals surface area contributed by atoms with Crippen LogP contribution in [0.25, 0.3) is 43.7 Å². The molecule has 0 amide bonds. The SMILES string of the molecule is Oc1[nH]cc2c3c(c4[nH]c5ccccc5c4c12)-c1ccccc1CC3. The van der Waals surface area contributed by atoms with Gasteiger partial charge in [0, 0.05) is 33.4 Å². The zero-order chi connectivity index (χ0) is 16.5. The fourth-order valence-corrected chi connectivity index (χ4v) is 4.58. The van der Waals surface area contributed by atoms with Crippen LogP contribution in [0.3, 0.4) is 0 Å². The Morgan fingerprint density at radius 3 is 2.64 bits per heavy atom. The van der Waals surface area contributed by atoms with Crippen LogP contribution in [0.4, 0.5) is 0 Å². The molecule has 25 heavy (non-hydrogen) atoms. The van der Waals surface area contributed by atoms with E-state index in [0.29, 0.717) is 0 Å². The monoisotopic (exact) mass is 324 g/mol. The second-order valence-corrected chi connectivity index (χ2v) is 6.86. The number of rotatable bonds is 0. The molecule has 0 aliphatic heterocycles. The van der Waals surface area contributed by atoms with E-state index in [9.17, 15) is 5.11 Å². The molecule has 0 saturated carbocycles. The molecular weight excluding hydrogens is 308 g/mol. The van der Waals surface area contributed by atoms with Gasteiger partial charge in [0.2, 0.25) is 0 Å². The Hall–Kier alpha value is -3.20. The molecule has 3 heteroatoms. The highest BCUT2D eigenvalue weighted by molar-refractivity contribution is 6.26. The van der Waals surface area contributed by atoms with E-state index < -0.39 is 0 Å². The predicted octanol–water partition coefficient (Wildman–Crippen LogP) is 5.27. The highest BCUT2D eigenvalue weighted by Crippen LogP contribution is 2.47. The van der Waals surface area contributed by atoms with E-state index in [1.165, 1.54) is 22.3 Å². The normalized spacial score (nSPS) is 13.4. The third-order valence-electron chi connectivity index (χ3n) is 5.62. The van der Waals surface area contributed by atoms with Gasteiger partial charge in [-0.1, -0.05) is 42.5 Å². The van der Waals surface area contributed by atoms with Crippen molar-refractivity contribution < 1.29 is 5.11 Å². The molecule has 5 aromatic rings. The fraction of sp³-hybridized carbons (Fsp3) is 0.0909. The third kappa shape index (κ3) is 1.55. The van der Waals surface area contributed by atoms with Crippen molar-refractivity contribution in [2.24, 2.45) is 0 Å². The van der Waals surface area contributed by atoms with Gasteiger partial charge >= 0.3 is 0 Å². The van der Waals surface area contributed by atoms with Gasteiger partial charge in [-0.3, -0.25) is 0 Å². The quantitative estimate of drug-likeness (QED) is 0.357. The van der Waals surface area contributed by atoms with Crippen LogP contribution in [0.15, 0.2) is 54.7 Å². The first-order valence-electron chi connectivity index (χ1n) is 8.66. The van der Waals surface area contributed by atoms with E-state index in [-0.39, 0.29) is 5.88 Å². The number of H-pyrrole nitrogens is 2. The van der Waals surface area contributed by atoms with Crippen molar-refractivity contribution in [3.05, 3.63) is 65.9 Å². The number of nitrogens with one attached hydrogen (secondary N) is 2. The smallest absolute Gasteiger partial charge is 0.197 e. The average Bonchev–Trinajstić information content (AvgIpc) is 3.22. The van der Waals surface area contributed by atoms with Crippen molar-refractivity contribution in [1.82, 2.24) is 9.97 Å². The number of fused-ring (bicyclic) bond motifs is 10. The van der Waals surface area contributed by atoms with Gasteiger partial charge in [0.05, 0.1) is 10.9 Å². The van der Waals surface area contributed by atoms with E-state index in [4.69, 9.17) is 0 Å². The second kappa shape index (κ2) is 4.45. The molecule has 2 heterocycles. The van der Waals surface area contributed by atoms with Crippen LogP contribution in [0.2, 0.25) is 0 Å². The van der Waals surface area contributed by atoms with Crippen molar-refractivity contribution in [3.8, 4) is 17.0 Å². The first kappa shape index (κ1) is 13.1. The lowest BCUT2D eigenvalue weighted by Crippen LogP contribution is -2.05. The molecule has 3 nitrogen and oxygen atoms in total. The van der Waals surface area contributed by atoms with E-state index in [1.807, 2.05) is 12.3 Å². The van der Waals surface area contributed by atoms with Crippen LogP contribution in [-0.4, -0.2) is 15.1 Å². The maximum absolute atomic E-state index is 10.5. The van der Waals surface area contributed by atoms with Crippen LogP contribution in [0.1, 0.15) is 11.1 Å². The summed E-state index contributed by atoms with van der Waals surface area (Å²) >= 11 is 0. The van der Waals surface area contributed by atoms with E-state index in [2.05, 4.69) is 52.4 Å². The van der Waals surface area contributed by atoms with E-state index >= 15 is 0 Å². The van der Waals surface area contributed by atoms with Gasteiger partial charge in [-0.05, 0) is 35.6 Å². The summed E-state index contributed by atoms with van der Waals surface area (Å²) in [6.07, 6.45) is 3.99. The number of aromatic nitrogens is 2. The number of para-hydroxylation sites is 1. The van der Waals surface area contributed by atoms with Crippen LogP contribution >= 0.6 is 0 Å². The molecule has 1 aliphatic rings. The Morgan fingerprint density at radius 1 is 0.840 bits per heavy atom. The Morgan fingerprint density at radius 2 is 1.68 bits per heavy atom. The molecule has 3 aromatic carbocycles. The number of aryl methyl sites for hydroxylation is 2. The topological polar surface area (TPSA) is 51.8 Å². The molecule has 120 valence electrons. The van der Waals surface area contributed by atoms with Crippen molar-refractivity contribution >= 4 is 32.6 Å². The third-order valence-corrected chi connectivity index (χ3v) is 5.62. The molecule has 0 atom stereocenters. The predicted molar refractivity (Wildman–Crippen MR) is 102 cm³/mol. The van der Waals surface area contributed by atoms with Gasteiger partial charge in [0.25, 0.3) is 0 Å². The largest absolute Gasteiger partial charge is 0.494 e. The summed E-state index contributed by atoms with van der Waals surface area (Å²) in [5.41, 5.74) is 7.56. The lowest BCUT2D eigenvalue weighted by atomic mass is 9.82. The van der Waals surface area contributed by atoms with Gasteiger partial charge in [0.1, 0.15) is 0 Å².